The van der Waals surface area contributed by atoms with Crippen molar-refractivity contribution in [1.82, 2.24) is 14.8 Å². The number of benzene rings is 1. The first kappa shape index (κ1) is 17.0. The number of fused-ring (bicyclic) bond motifs is 1. The molecule has 1 N–H and O–H groups in total. The molecule has 24 heavy (non-hydrogen) atoms. The van der Waals surface area contributed by atoms with Crippen LogP contribution in [0.4, 0.5) is 0 Å². The van der Waals surface area contributed by atoms with Gasteiger partial charge >= 0.3 is 0 Å². The molecule has 0 atom stereocenters. The summed E-state index contributed by atoms with van der Waals surface area (Å²) < 4.78 is 2.17. The Balaban J connectivity index is 1.56. The molecular weight excluding hydrogens is 298 g/mol. The molecule has 0 saturated carbocycles. The van der Waals surface area contributed by atoms with Gasteiger partial charge in [-0.05, 0) is 58.7 Å². The SMILES string of the molecule is CC(C)n1cc(C(=O)NCCCCN2C[CH]CC2)c2ccccc21. The molecule has 2 aromatic rings. The van der Waals surface area contributed by atoms with E-state index >= 15 is 0 Å². The van der Waals surface area contributed by atoms with Crippen molar-refractivity contribution in [2.24, 2.45) is 0 Å². The fraction of sp³-hybridized carbons (Fsp3) is 0.500. The van der Waals surface area contributed by atoms with E-state index in [0.29, 0.717) is 6.04 Å². The van der Waals surface area contributed by atoms with Crippen molar-refractivity contribution in [3.05, 3.63) is 42.4 Å². The van der Waals surface area contributed by atoms with Crippen LogP contribution < -0.4 is 5.32 Å². The summed E-state index contributed by atoms with van der Waals surface area (Å²) in [5.74, 6) is 0.0418. The maximum Gasteiger partial charge on any atom is 0.253 e. The molecule has 0 spiro atoms. The third kappa shape index (κ3) is 3.81. The Labute approximate surface area is 144 Å². The zero-order chi connectivity index (χ0) is 16.9. The van der Waals surface area contributed by atoms with E-state index in [1.54, 1.807) is 0 Å². The molecule has 1 aliphatic heterocycles. The van der Waals surface area contributed by atoms with Crippen LogP contribution in [-0.4, -0.2) is 41.6 Å². The second-order valence-corrected chi connectivity index (χ2v) is 6.90. The van der Waals surface area contributed by atoms with E-state index in [9.17, 15) is 4.79 Å². The average molecular weight is 326 g/mol. The first-order chi connectivity index (χ1) is 11.7. The third-order valence-electron chi connectivity index (χ3n) is 4.76. The highest BCUT2D eigenvalue weighted by Gasteiger charge is 2.16. The van der Waals surface area contributed by atoms with E-state index < -0.39 is 0 Å². The van der Waals surface area contributed by atoms with Crippen LogP contribution in [0.2, 0.25) is 0 Å². The second-order valence-electron chi connectivity index (χ2n) is 6.90. The van der Waals surface area contributed by atoms with Crippen molar-refractivity contribution in [2.75, 3.05) is 26.2 Å². The Morgan fingerprint density at radius 2 is 2.08 bits per heavy atom. The van der Waals surface area contributed by atoms with Gasteiger partial charge in [-0.1, -0.05) is 18.2 Å². The fourth-order valence-electron chi connectivity index (χ4n) is 3.41. The van der Waals surface area contributed by atoms with E-state index in [0.717, 1.165) is 48.9 Å². The molecule has 3 rings (SSSR count). The van der Waals surface area contributed by atoms with E-state index in [-0.39, 0.29) is 5.91 Å². The van der Waals surface area contributed by atoms with Crippen LogP contribution in [0.5, 0.6) is 0 Å². The van der Waals surface area contributed by atoms with Crippen molar-refractivity contribution >= 4 is 16.8 Å². The summed E-state index contributed by atoms with van der Waals surface area (Å²) in [6, 6.07) is 8.48. The minimum atomic E-state index is 0.0418. The number of amides is 1. The number of hydrogen-bond donors (Lipinski definition) is 1. The van der Waals surface area contributed by atoms with E-state index in [2.05, 4.69) is 41.1 Å². The molecular formula is C20H28N3O. The predicted octanol–water partition coefficient (Wildman–Crippen LogP) is 3.64. The number of para-hydroxylation sites is 1. The van der Waals surface area contributed by atoms with E-state index in [1.165, 1.54) is 13.0 Å². The zero-order valence-electron chi connectivity index (χ0n) is 14.8. The number of carbonyl (C=O) groups excluding carboxylic acids is 1. The first-order valence-electron chi connectivity index (χ1n) is 9.08. The molecule has 129 valence electrons. The standard InChI is InChI=1S/C20H28N3O/c1-16(2)23-15-18(17-9-3-4-10-19(17)23)20(24)21-11-5-6-12-22-13-7-8-14-22/h3-4,7,9-10,15-16H,5-6,8,11-14H2,1-2H3,(H,21,24). The number of aromatic nitrogens is 1. The van der Waals surface area contributed by atoms with Crippen LogP contribution in [0.1, 0.15) is 49.5 Å². The lowest BCUT2D eigenvalue weighted by Crippen LogP contribution is -2.26. The number of carbonyl (C=O) groups is 1. The maximum absolute atomic E-state index is 12.6. The Bertz CT molecular complexity index is 683. The number of nitrogens with zero attached hydrogens (tertiary/aromatic N) is 2. The largest absolute Gasteiger partial charge is 0.352 e. The molecule has 4 heteroatoms. The fourth-order valence-corrected chi connectivity index (χ4v) is 3.41. The molecule has 1 amide bonds. The Morgan fingerprint density at radius 3 is 2.83 bits per heavy atom. The van der Waals surface area contributed by atoms with Gasteiger partial charge < -0.3 is 14.8 Å². The minimum absolute atomic E-state index is 0.0418. The molecule has 1 aliphatic rings. The van der Waals surface area contributed by atoms with Gasteiger partial charge in [-0.15, -0.1) is 0 Å². The minimum Gasteiger partial charge on any atom is -0.352 e. The van der Waals surface area contributed by atoms with Crippen LogP contribution in [0.3, 0.4) is 0 Å². The van der Waals surface area contributed by atoms with Gasteiger partial charge in [0.25, 0.3) is 5.91 Å². The zero-order valence-corrected chi connectivity index (χ0v) is 14.8. The summed E-state index contributed by atoms with van der Waals surface area (Å²) >= 11 is 0. The summed E-state index contributed by atoms with van der Waals surface area (Å²) in [7, 11) is 0. The lowest BCUT2D eigenvalue weighted by Gasteiger charge is -2.13. The molecule has 0 unspecified atom stereocenters. The molecule has 1 fully saturated rings. The topological polar surface area (TPSA) is 37.3 Å². The number of rotatable bonds is 7. The monoisotopic (exact) mass is 326 g/mol. The normalized spacial score (nSPS) is 15.5. The molecule has 1 aromatic heterocycles. The molecule has 1 aromatic carbocycles. The van der Waals surface area contributed by atoms with Gasteiger partial charge in [0.1, 0.15) is 0 Å². The van der Waals surface area contributed by atoms with E-state index in [4.69, 9.17) is 0 Å². The third-order valence-corrected chi connectivity index (χ3v) is 4.76. The van der Waals surface area contributed by atoms with Crippen molar-refractivity contribution in [3.63, 3.8) is 0 Å². The van der Waals surface area contributed by atoms with Gasteiger partial charge in [-0.2, -0.15) is 0 Å². The van der Waals surface area contributed by atoms with Gasteiger partial charge in [-0.3, -0.25) is 4.79 Å². The van der Waals surface area contributed by atoms with Gasteiger partial charge in [-0.25, -0.2) is 0 Å². The maximum atomic E-state index is 12.6. The highest BCUT2D eigenvalue weighted by Crippen LogP contribution is 2.24. The highest BCUT2D eigenvalue weighted by molar-refractivity contribution is 6.07. The van der Waals surface area contributed by atoms with Gasteiger partial charge in [0.15, 0.2) is 0 Å². The summed E-state index contributed by atoms with van der Waals surface area (Å²) in [6.45, 7) is 8.49. The predicted molar refractivity (Wildman–Crippen MR) is 99.2 cm³/mol. The highest BCUT2D eigenvalue weighted by atomic mass is 16.1. The molecule has 2 heterocycles. The molecule has 0 aliphatic carbocycles. The molecule has 0 bridgehead atoms. The van der Waals surface area contributed by atoms with Crippen molar-refractivity contribution in [2.45, 2.75) is 39.2 Å². The van der Waals surface area contributed by atoms with Crippen LogP contribution in [0.25, 0.3) is 10.9 Å². The number of likely N-dealkylation sites (tertiary alicyclic amines) is 1. The van der Waals surface area contributed by atoms with Crippen molar-refractivity contribution in [3.8, 4) is 0 Å². The van der Waals surface area contributed by atoms with E-state index in [1.807, 2.05) is 24.4 Å². The van der Waals surface area contributed by atoms with Crippen molar-refractivity contribution < 1.29 is 4.79 Å². The van der Waals surface area contributed by atoms with Crippen LogP contribution >= 0.6 is 0 Å². The Morgan fingerprint density at radius 1 is 1.25 bits per heavy atom. The summed E-state index contributed by atoms with van der Waals surface area (Å²) in [5, 5.41) is 4.13. The lowest BCUT2D eigenvalue weighted by atomic mass is 10.1. The lowest BCUT2D eigenvalue weighted by molar-refractivity contribution is 0.0954. The van der Waals surface area contributed by atoms with Crippen LogP contribution in [0, 0.1) is 6.42 Å². The number of hydrogen-bond acceptors (Lipinski definition) is 2. The number of nitrogens with one attached hydrogen (secondary N) is 1. The van der Waals surface area contributed by atoms with Crippen molar-refractivity contribution in [1.29, 1.82) is 0 Å². The smallest absolute Gasteiger partial charge is 0.253 e. The number of unbranched alkanes of at least 4 members (excludes halogenated alkanes) is 1. The molecule has 1 radical (unpaired) electrons. The summed E-state index contributed by atoms with van der Waals surface area (Å²) in [5.41, 5.74) is 1.91. The summed E-state index contributed by atoms with van der Waals surface area (Å²) in [6.07, 6.45) is 7.72. The quantitative estimate of drug-likeness (QED) is 0.789. The molecule has 1 saturated heterocycles. The average Bonchev–Trinajstić information content (AvgIpc) is 3.21. The van der Waals surface area contributed by atoms with Crippen LogP contribution in [-0.2, 0) is 0 Å². The first-order valence-corrected chi connectivity index (χ1v) is 9.08. The second kappa shape index (κ2) is 7.84. The van der Waals surface area contributed by atoms with Gasteiger partial charge in [0.05, 0.1) is 5.56 Å². The summed E-state index contributed by atoms with van der Waals surface area (Å²) in [4.78, 5) is 15.0. The molecule has 4 nitrogen and oxygen atoms in total. The Kier molecular flexibility index (Phi) is 5.56. The van der Waals surface area contributed by atoms with Crippen LogP contribution in [0.15, 0.2) is 30.5 Å². The van der Waals surface area contributed by atoms with Gasteiger partial charge in [0, 0.05) is 36.2 Å². The van der Waals surface area contributed by atoms with Gasteiger partial charge in [0.2, 0.25) is 0 Å². The Hall–Kier alpha value is -1.81.